The van der Waals surface area contributed by atoms with Gasteiger partial charge in [-0.05, 0) is 124 Å². The van der Waals surface area contributed by atoms with Gasteiger partial charge in [0.15, 0.2) is 0 Å². The average Bonchev–Trinajstić information content (AvgIpc) is 3.47. The molecule has 0 aromatic heterocycles. The molecule has 0 spiro atoms. The molecule has 2 fully saturated rings. The van der Waals surface area contributed by atoms with Gasteiger partial charge in [0.1, 0.15) is 0 Å². The SMILES string of the molecule is Cc1cc(C)c(CCCCC2(C)CC2)c(CCCCC2(C)CC2)c1C. The minimum atomic E-state index is 0.722. The van der Waals surface area contributed by atoms with Crippen LogP contribution in [0.3, 0.4) is 0 Å². The molecule has 0 unspecified atom stereocenters. The highest BCUT2D eigenvalue weighted by molar-refractivity contribution is 5.45. The molecule has 3 rings (SSSR count). The van der Waals surface area contributed by atoms with Crippen molar-refractivity contribution < 1.29 is 0 Å². The Balaban J connectivity index is 1.57. The first-order valence-electron chi connectivity index (χ1n) is 10.9. The molecular weight excluding hydrogens is 300 g/mol. The quantitative estimate of drug-likeness (QED) is 0.384. The lowest BCUT2D eigenvalue weighted by atomic mass is 9.87. The highest BCUT2D eigenvalue weighted by Gasteiger charge is 2.36. The molecule has 0 heteroatoms. The van der Waals surface area contributed by atoms with E-state index in [9.17, 15) is 0 Å². The third-order valence-corrected chi connectivity index (χ3v) is 7.44. The van der Waals surface area contributed by atoms with Crippen molar-refractivity contribution in [1.29, 1.82) is 0 Å². The van der Waals surface area contributed by atoms with E-state index in [1.54, 1.807) is 22.3 Å². The molecule has 140 valence electrons. The molecule has 0 aliphatic heterocycles. The summed E-state index contributed by atoms with van der Waals surface area (Å²) in [6.45, 7) is 12.0. The number of benzene rings is 1. The van der Waals surface area contributed by atoms with Crippen LogP contribution in [0.4, 0.5) is 0 Å². The standard InChI is InChI=1S/C25H40/c1-19-18-20(2)22(10-6-8-12-24(4)14-15-24)23(21(19)3)11-7-9-13-25(5)16-17-25/h18H,6-17H2,1-5H3. The monoisotopic (exact) mass is 340 g/mol. The van der Waals surface area contributed by atoms with Crippen molar-refractivity contribution in [3.05, 3.63) is 33.9 Å². The van der Waals surface area contributed by atoms with Crippen LogP contribution >= 0.6 is 0 Å². The molecule has 0 heterocycles. The zero-order valence-corrected chi connectivity index (χ0v) is 17.6. The Kier molecular flexibility index (Phi) is 5.66. The minimum absolute atomic E-state index is 0.722. The third-order valence-electron chi connectivity index (χ3n) is 7.44. The van der Waals surface area contributed by atoms with Crippen molar-refractivity contribution in [3.8, 4) is 0 Å². The van der Waals surface area contributed by atoms with E-state index in [1.165, 1.54) is 82.6 Å². The van der Waals surface area contributed by atoms with E-state index in [4.69, 9.17) is 0 Å². The van der Waals surface area contributed by atoms with Crippen LogP contribution in [0, 0.1) is 31.6 Å². The van der Waals surface area contributed by atoms with E-state index in [-0.39, 0.29) is 0 Å². The topological polar surface area (TPSA) is 0 Å². The zero-order chi connectivity index (χ0) is 18.1. The van der Waals surface area contributed by atoms with Gasteiger partial charge < -0.3 is 0 Å². The van der Waals surface area contributed by atoms with E-state index in [1.807, 2.05) is 0 Å². The van der Waals surface area contributed by atoms with Crippen molar-refractivity contribution in [2.45, 2.75) is 112 Å². The van der Waals surface area contributed by atoms with Crippen LogP contribution in [-0.2, 0) is 12.8 Å². The molecule has 0 radical (unpaired) electrons. The highest BCUT2D eigenvalue weighted by Crippen LogP contribution is 2.50. The van der Waals surface area contributed by atoms with Gasteiger partial charge in [-0.1, -0.05) is 32.8 Å². The summed E-state index contributed by atoms with van der Waals surface area (Å²) in [4.78, 5) is 0. The molecule has 0 bridgehead atoms. The molecular formula is C25H40. The summed E-state index contributed by atoms with van der Waals surface area (Å²) in [5.74, 6) is 0. The maximum atomic E-state index is 2.47. The summed E-state index contributed by atoms with van der Waals surface area (Å²) in [7, 11) is 0. The smallest absolute Gasteiger partial charge is 0.0273 e. The predicted molar refractivity (Wildman–Crippen MR) is 110 cm³/mol. The van der Waals surface area contributed by atoms with Crippen LogP contribution in [0.15, 0.2) is 6.07 Å². The van der Waals surface area contributed by atoms with E-state index < -0.39 is 0 Å². The molecule has 0 atom stereocenters. The largest absolute Gasteiger partial charge is 0.0596 e. The van der Waals surface area contributed by atoms with Gasteiger partial charge in [0.05, 0.1) is 0 Å². The van der Waals surface area contributed by atoms with Gasteiger partial charge in [0.25, 0.3) is 0 Å². The van der Waals surface area contributed by atoms with E-state index in [0.29, 0.717) is 0 Å². The Morgan fingerprint density at radius 2 is 1.16 bits per heavy atom. The van der Waals surface area contributed by atoms with Crippen molar-refractivity contribution in [1.82, 2.24) is 0 Å². The van der Waals surface area contributed by atoms with Gasteiger partial charge in [0.2, 0.25) is 0 Å². The van der Waals surface area contributed by atoms with Crippen LogP contribution in [0.2, 0.25) is 0 Å². The maximum absolute atomic E-state index is 2.47. The molecule has 0 nitrogen and oxygen atoms in total. The van der Waals surface area contributed by atoms with Gasteiger partial charge in [-0.3, -0.25) is 0 Å². The van der Waals surface area contributed by atoms with Crippen molar-refractivity contribution in [2.24, 2.45) is 10.8 Å². The molecule has 0 N–H and O–H groups in total. The Hall–Kier alpha value is -0.780. The molecule has 25 heavy (non-hydrogen) atoms. The lowest BCUT2D eigenvalue weighted by molar-refractivity contribution is 0.478. The number of hydrogen-bond donors (Lipinski definition) is 0. The summed E-state index contributed by atoms with van der Waals surface area (Å²) in [5, 5.41) is 0. The van der Waals surface area contributed by atoms with Gasteiger partial charge in [-0.2, -0.15) is 0 Å². The number of rotatable bonds is 10. The highest BCUT2D eigenvalue weighted by atomic mass is 14.4. The van der Waals surface area contributed by atoms with E-state index in [0.717, 1.165) is 10.8 Å². The molecule has 2 saturated carbocycles. The van der Waals surface area contributed by atoms with Crippen molar-refractivity contribution in [3.63, 3.8) is 0 Å². The Bertz CT molecular complexity index is 599. The summed E-state index contributed by atoms with van der Waals surface area (Å²) >= 11 is 0. The van der Waals surface area contributed by atoms with Crippen LogP contribution in [-0.4, -0.2) is 0 Å². The summed E-state index contributed by atoms with van der Waals surface area (Å²) in [5.41, 5.74) is 9.46. The van der Waals surface area contributed by atoms with Crippen molar-refractivity contribution >= 4 is 0 Å². The summed E-state index contributed by atoms with van der Waals surface area (Å²) in [6.07, 6.45) is 17.0. The number of unbranched alkanes of at least 4 members (excludes halogenated alkanes) is 2. The molecule has 1 aromatic carbocycles. The first kappa shape index (κ1) is 19.0. The first-order valence-corrected chi connectivity index (χ1v) is 10.9. The lowest BCUT2D eigenvalue weighted by Gasteiger charge is -2.19. The van der Waals surface area contributed by atoms with E-state index >= 15 is 0 Å². The second-order valence-corrected chi connectivity index (χ2v) is 10.1. The molecule has 0 amide bonds. The fourth-order valence-corrected chi connectivity index (χ4v) is 4.54. The van der Waals surface area contributed by atoms with Gasteiger partial charge in [-0.15, -0.1) is 0 Å². The summed E-state index contributed by atoms with van der Waals surface area (Å²) < 4.78 is 0. The van der Waals surface area contributed by atoms with Crippen LogP contribution in [0.5, 0.6) is 0 Å². The lowest BCUT2D eigenvalue weighted by Crippen LogP contribution is -2.05. The Labute approximate surface area is 156 Å². The maximum Gasteiger partial charge on any atom is -0.0273 e. The fourth-order valence-electron chi connectivity index (χ4n) is 4.54. The predicted octanol–water partition coefficient (Wildman–Crippen LogP) is 7.64. The van der Waals surface area contributed by atoms with Gasteiger partial charge in [0, 0.05) is 0 Å². The Morgan fingerprint density at radius 3 is 1.64 bits per heavy atom. The van der Waals surface area contributed by atoms with E-state index in [2.05, 4.69) is 40.7 Å². The molecule has 2 aliphatic rings. The molecule has 1 aromatic rings. The second-order valence-electron chi connectivity index (χ2n) is 10.1. The molecule has 2 aliphatic carbocycles. The number of hydrogen-bond acceptors (Lipinski definition) is 0. The fraction of sp³-hybridized carbons (Fsp3) is 0.760. The second kappa shape index (κ2) is 7.45. The normalized spacial score (nSPS) is 19.9. The van der Waals surface area contributed by atoms with Crippen LogP contribution < -0.4 is 0 Å². The number of aryl methyl sites for hydroxylation is 2. The third kappa shape index (κ3) is 5.11. The average molecular weight is 341 g/mol. The zero-order valence-electron chi connectivity index (χ0n) is 17.6. The Morgan fingerprint density at radius 1 is 0.680 bits per heavy atom. The van der Waals surface area contributed by atoms with Gasteiger partial charge >= 0.3 is 0 Å². The summed E-state index contributed by atoms with van der Waals surface area (Å²) in [6, 6.07) is 2.43. The van der Waals surface area contributed by atoms with Gasteiger partial charge in [-0.25, -0.2) is 0 Å². The minimum Gasteiger partial charge on any atom is -0.0596 e. The first-order chi connectivity index (χ1) is 11.8. The van der Waals surface area contributed by atoms with Crippen molar-refractivity contribution in [2.75, 3.05) is 0 Å². The van der Waals surface area contributed by atoms with Crippen LogP contribution in [0.1, 0.15) is 106 Å². The van der Waals surface area contributed by atoms with Crippen LogP contribution in [0.25, 0.3) is 0 Å². The molecule has 0 saturated heterocycles.